The monoisotopic (exact) mass is 1360 g/mol. The van der Waals surface area contributed by atoms with Gasteiger partial charge in [-0.05, 0) is 102 Å². The number of sulfonamides is 2. The molecule has 4 saturated heterocycles. The van der Waals surface area contributed by atoms with E-state index in [9.17, 15) is 115 Å². The molecular weight excluding hydrogens is 1300 g/mol. The number of hydrogen-bond acceptors (Lipinski definition) is 14. The first-order valence-corrected chi connectivity index (χ1v) is 30.4. The highest BCUT2D eigenvalue weighted by molar-refractivity contribution is 7.89. The van der Waals surface area contributed by atoms with Crippen LogP contribution < -0.4 is 19.3 Å². The third-order valence-electron chi connectivity index (χ3n) is 14.4. The molecule has 3 amide bonds. The van der Waals surface area contributed by atoms with Gasteiger partial charge in [0.2, 0.25) is 26.0 Å². The van der Waals surface area contributed by atoms with E-state index >= 15 is 0 Å². The van der Waals surface area contributed by atoms with E-state index in [1.54, 1.807) is 4.72 Å². The molecule has 4 fully saturated rings. The Labute approximate surface area is 497 Å². The molecule has 0 atom stereocenters. The molecule has 19 nitrogen and oxygen atoms in total. The number of nitrogens with two attached hydrogens (primary N) is 1. The largest absolute Gasteiger partial charge is 0.493 e. The van der Waals surface area contributed by atoms with Crippen molar-refractivity contribution in [3.63, 3.8) is 0 Å². The molecule has 4 heterocycles. The van der Waals surface area contributed by atoms with Gasteiger partial charge in [0.1, 0.15) is 11.5 Å². The highest BCUT2D eigenvalue weighted by Gasteiger charge is 2.62. The second-order valence-corrected chi connectivity index (χ2v) is 24.6. The fourth-order valence-electron chi connectivity index (χ4n) is 10.3. The molecular formula is C50H62F18N6O13S2. The van der Waals surface area contributed by atoms with E-state index in [2.05, 4.69) is 14.6 Å². The number of carbonyl (C=O) groups excluding carboxylic acids is 3. The summed E-state index contributed by atoms with van der Waals surface area (Å²) in [5.41, 5.74) is -2.43. The quantitative estimate of drug-likeness (QED) is 0.0985. The maximum atomic E-state index is 13.4. The number of piperidine rings is 2. The van der Waals surface area contributed by atoms with E-state index in [0.29, 0.717) is 49.9 Å². The minimum absolute atomic E-state index is 0.0137. The summed E-state index contributed by atoms with van der Waals surface area (Å²) < 4.78 is 295. The molecule has 4 aliphatic rings. The van der Waals surface area contributed by atoms with Crippen LogP contribution in [0.1, 0.15) is 99.3 Å². The normalized spacial score (nSPS) is 17.9. The van der Waals surface area contributed by atoms with E-state index in [0.717, 1.165) is 46.6 Å². The number of ether oxygens (including phenoxy) is 4. The molecule has 89 heavy (non-hydrogen) atoms. The zero-order valence-corrected chi connectivity index (χ0v) is 48.6. The Kier molecular flexibility index (Phi) is 25.1. The minimum atomic E-state index is -5.85. The fourth-order valence-corrected chi connectivity index (χ4v) is 10.8. The Bertz CT molecular complexity index is 2930. The van der Waals surface area contributed by atoms with Gasteiger partial charge in [0, 0.05) is 74.3 Å². The number of aliphatic carboxylic acids is 1. The van der Waals surface area contributed by atoms with E-state index in [1.165, 1.54) is 12.1 Å². The number of benzene rings is 2. The molecule has 508 valence electrons. The lowest BCUT2D eigenvalue weighted by Crippen LogP contribution is -2.54. The van der Waals surface area contributed by atoms with Crippen LogP contribution in [0.15, 0.2) is 36.4 Å². The van der Waals surface area contributed by atoms with Crippen molar-refractivity contribution in [1.29, 1.82) is 0 Å². The van der Waals surface area contributed by atoms with Gasteiger partial charge < -0.3 is 33.9 Å². The van der Waals surface area contributed by atoms with Crippen LogP contribution in [-0.2, 0) is 64.6 Å². The summed E-state index contributed by atoms with van der Waals surface area (Å²) in [6.07, 6.45) is -40.3. The summed E-state index contributed by atoms with van der Waals surface area (Å²) in [4.78, 5) is 52.2. The van der Waals surface area contributed by atoms with Gasteiger partial charge in [-0.2, -0.15) is 79.0 Å². The van der Waals surface area contributed by atoms with Crippen molar-refractivity contribution < 1.29 is 139 Å². The standard InChI is InChI=1S/C25H30F9N3O6S.C24H27F9N2O5.CH5NO2S/c1-44(40,41)35-19(38)4-2-13-42-18-14-17(23(26,27)28)6-5-16(18)15-37-10-3-7-22(37)8-11-36(12-9-22)21(39)43-20(24(29,30)31)25(32,33)34;25-22(26,27)16-5-4-15(17(13-16)39-12-1-3-18(36)37)14-35-9-2-6-21(35)7-10-34(11-8-21)20(38)40-19(23(28,29)30)24(31,32)33;1-5(2,3)4/h5-6,14,20H,2-4,7-13,15H2,1H3,(H,35,38);4-5,13,19H,1-3,6-12,14H2,(H,36,37);1H3,(H2,2,3,4). The zero-order valence-electron chi connectivity index (χ0n) is 47.0. The van der Waals surface area contributed by atoms with Crippen LogP contribution >= 0.6 is 0 Å². The molecule has 0 aliphatic carbocycles. The van der Waals surface area contributed by atoms with Crippen molar-refractivity contribution in [3.8, 4) is 11.5 Å². The summed E-state index contributed by atoms with van der Waals surface area (Å²) in [7, 11) is -6.95. The molecule has 0 saturated carbocycles. The summed E-state index contributed by atoms with van der Waals surface area (Å²) >= 11 is 0. The van der Waals surface area contributed by atoms with Gasteiger partial charge in [0.25, 0.3) is 12.2 Å². The van der Waals surface area contributed by atoms with Gasteiger partial charge in [0.15, 0.2) is 0 Å². The molecule has 2 aromatic rings. The summed E-state index contributed by atoms with van der Waals surface area (Å²) in [5.74, 6) is -2.11. The number of nitrogens with one attached hydrogen (secondary N) is 1. The van der Waals surface area contributed by atoms with Crippen molar-refractivity contribution in [1.82, 2.24) is 24.3 Å². The Morgan fingerprint density at radius 3 is 1.17 bits per heavy atom. The molecule has 0 radical (unpaired) electrons. The van der Waals surface area contributed by atoms with E-state index in [-0.39, 0.29) is 115 Å². The lowest BCUT2D eigenvalue weighted by molar-refractivity contribution is -0.309. The molecule has 4 N–H and O–H groups in total. The Morgan fingerprint density at radius 2 is 0.876 bits per heavy atom. The van der Waals surface area contributed by atoms with E-state index < -0.39 is 116 Å². The first-order chi connectivity index (χ1) is 40.5. The van der Waals surface area contributed by atoms with Crippen LogP contribution in [0.25, 0.3) is 0 Å². The molecule has 2 aromatic carbocycles. The third kappa shape index (κ3) is 23.7. The molecule has 39 heteroatoms. The number of nitrogens with zero attached hydrogens (tertiary/aromatic N) is 4. The number of primary sulfonamides is 1. The van der Waals surface area contributed by atoms with Gasteiger partial charge in [-0.15, -0.1) is 0 Å². The number of likely N-dealkylation sites (tertiary alicyclic amines) is 4. The smallest absolute Gasteiger partial charge is 0.434 e. The van der Waals surface area contributed by atoms with Crippen molar-refractivity contribution in [2.75, 3.05) is 65.0 Å². The number of hydrogen-bond donors (Lipinski definition) is 3. The molecule has 0 bridgehead atoms. The van der Waals surface area contributed by atoms with Gasteiger partial charge >= 0.3 is 55.2 Å². The van der Waals surface area contributed by atoms with E-state index in [1.807, 2.05) is 9.80 Å². The zero-order chi connectivity index (χ0) is 67.6. The Morgan fingerprint density at radius 1 is 0.551 bits per heavy atom. The number of carbonyl (C=O) groups is 4. The highest BCUT2D eigenvalue weighted by Crippen LogP contribution is 2.45. The average Bonchev–Trinajstić information content (AvgIpc) is 2.48. The number of carboxylic acids is 1. The first kappa shape index (κ1) is 75.5. The second kappa shape index (κ2) is 29.5. The predicted molar refractivity (Wildman–Crippen MR) is 273 cm³/mol. The van der Waals surface area contributed by atoms with Crippen molar-refractivity contribution in [2.24, 2.45) is 5.14 Å². The lowest BCUT2D eigenvalue weighted by Gasteiger charge is -2.45. The molecule has 0 unspecified atom stereocenters. The van der Waals surface area contributed by atoms with Crippen LogP contribution in [-0.4, -0.2) is 179 Å². The van der Waals surface area contributed by atoms with Gasteiger partial charge in [0.05, 0.1) is 36.9 Å². The lowest BCUT2D eigenvalue weighted by atomic mass is 9.85. The van der Waals surface area contributed by atoms with Crippen molar-refractivity contribution in [3.05, 3.63) is 58.7 Å². The highest BCUT2D eigenvalue weighted by atomic mass is 32.2. The first-order valence-electron chi connectivity index (χ1n) is 26.6. The van der Waals surface area contributed by atoms with Gasteiger partial charge in [-0.25, -0.2) is 31.6 Å². The van der Waals surface area contributed by atoms with Crippen LogP contribution in [0.4, 0.5) is 88.6 Å². The van der Waals surface area contributed by atoms with Crippen molar-refractivity contribution >= 4 is 44.1 Å². The average molecular weight is 1360 g/mol. The molecule has 4 aliphatic heterocycles. The maximum absolute atomic E-state index is 13.4. The predicted octanol–water partition coefficient (Wildman–Crippen LogP) is 9.91. The Hall–Kier alpha value is -5.96. The molecule has 6 rings (SSSR count). The third-order valence-corrected chi connectivity index (χ3v) is 15.0. The van der Waals surface area contributed by atoms with Crippen molar-refractivity contribution in [2.45, 2.75) is 150 Å². The second-order valence-electron chi connectivity index (χ2n) is 21.2. The van der Waals surface area contributed by atoms with Crippen LogP contribution in [0, 0.1) is 0 Å². The Balaban J connectivity index is 0.000000355. The topological polar surface area (TPSA) is 245 Å². The number of rotatable bonds is 17. The van der Waals surface area contributed by atoms with Gasteiger partial charge in [-0.1, -0.05) is 12.1 Å². The fraction of sp³-hybridized carbons (Fsp3) is 0.680. The van der Waals surface area contributed by atoms with Crippen LogP contribution in [0.3, 0.4) is 0 Å². The summed E-state index contributed by atoms with van der Waals surface area (Å²) in [6, 6.07) is 5.85. The minimum Gasteiger partial charge on any atom is -0.493 e. The number of amides is 3. The van der Waals surface area contributed by atoms with Crippen LogP contribution in [0.5, 0.6) is 11.5 Å². The number of alkyl halides is 18. The summed E-state index contributed by atoms with van der Waals surface area (Å²) in [5, 5.41) is 13.1. The molecule has 2 spiro atoms. The van der Waals surface area contributed by atoms with Crippen LogP contribution in [0.2, 0.25) is 0 Å². The summed E-state index contributed by atoms with van der Waals surface area (Å²) in [6.45, 7) is 0.0664. The maximum Gasteiger partial charge on any atom is 0.434 e. The van der Waals surface area contributed by atoms with Gasteiger partial charge in [-0.3, -0.25) is 24.1 Å². The number of carboxylic acid groups (broad SMARTS) is 1. The number of halogens is 18. The van der Waals surface area contributed by atoms with E-state index in [4.69, 9.17) is 14.6 Å². The SMILES string of the molecule is CS(=O)(=O)NC(=O)CCCOc1cc(C(F)(F)F)ccc1CN1CCCC12CCN(C(=O)OC(C(F)(F)F)C(F)(F)F)CC2.CS(N)(=O)=O.O=C(O)CCCOc1cc(C(F)(F)F)ccc1CN1CCCC12CCN(C(=O)OC(C(F)(F)F)C(F)(F)F)CC2. The molecule has 0 aromatic heterocycles.